The summed E-state index contributed by atoms with van der Waals surface area (Å²) in [4.78, 5) is 18.6. The van der Waals surface area contributed by atoms with Crippen molar-refractivity contribution in [2.45, 2.75) is 57.2 Å². The highest BCUT2D eigenvalue weighted by Gasteiger charge is 2.27. The second-order valence-corrected chi connectivity index (χ2v) is 6.44. The molecule has 0 unspecified atom stereocenters. The Hall–Kier alpha value is -1.62. The molecule has 5 nitrogen and oxygen atoms in total. The number of carbonyl (C=O) groups is 1. The lowest BCUT2D eigenvalue weighted by molar-refractivity contribution is 0.145. The Morgan fingerprint density at radius 3 is 2.68 bits per heavy atom. The zero-order valence-electron chi connectivity index (χ0n) is 13.1. The number of piperidine rings is 1. The molecule has 2 N–H and O–H groups in total. The van der Waals surface area contributed by atoms with Gasteiger partial charge in [-0.1, -0.05) is 18.9 Å². The Morgan fingerprint density at radius 1 is 1.23 bits per heavy atom. The van der Waals surface area contributed by atoms with Crippen molar-refractivity contribution in [2.24, 2.45) is 0 Å². The van der Waals surface area contributed by atoms with Crippen LogP contribution < -0.4 is 10.6 Å². The Balaban J connectivity index is 1.36. The summed E-state index contributed by atoms with van der Waals surface area (Å²) in [6, 6.07) is 4.90. The van der Waals surface area contributed by atoms with Gasteiger partial charge < -0.3 is 15.5 Å². The first-order valence-electron chi connectivity index (χ1n) is 8.48. The topological polar surface area (TPSA) is 57.3 Å². The van der Waals surface area contributed by atoms with Crippen LogP contribution >= 0.6 is 0 Å². The summed E-state index contributed by atoms with van der Waals surface area (Å²) < 4.78 is 0. The molecule has 22 heavy (non-hydrogen) atoms. The molecule has 5 heteroatoms. The molecule has 120 valence electrons. The molecule has 0 bridgehead atoms. The molecular formula is C17H26N4O. The SMILES string of the molecule is O=C(NCc1cccnc1)NC1CCN(C2CCCC2)CC1. The highest BCUT2D eigenvalue weighted by molar-refractivity contribution is 5.74. The van der Waals surface area contributed by atoms with Crippen molar-refractivity contribution in [3.8, 4) is 0 Å². The Bertz CT molecular complexity index is 465. The van der Waals surface area contributed by atoms with Crippen LogP contribution in [0.1, 0.15) is 44.1 Å². The average Bonchev–Trinajstić information content (AvgIpc) is 3.09. The van der Waals surface area contributed by atoms with Gasteiger partial charge in [-0.3, -0.25) is 4.98 Å². The molecule has 2 heterocycles. The maximum Gasteiger partial charge on any atom is 0.315 e. The second kappa shape index (κ2) is 7.58. The third kappa shape index (κ3) is 4.19. The lowest BCUT2D eigenvalue weighted by atomic mass is 10.0. The highest BCUT2D eigenvalue weighted by atomic mass is 16.2. The summed E-state index contributed by atoms with van der Waals surface area (Å²) in [5.74, 6) is 0. The Kier molecular flexibility index (Phi) is 5.27. The molecule has 0 radical (unpaired) electrons. The number of rotatable bonds is 4. The van der Waals surface area contributed by atoms with Crippen molar-refractivity contribution in [1.82, 2.24) is 20.5 Å². The quantitative estimate of drug-likeness (QED) is 0.897. The molecule has 1 saturated heterocycles. The van der Waals surface area contributed by atoms with Crippen LogP contribution in [0.4, 0.5) is 4.79 Å². The molecule has 1 aliphatic carbocycles. The fraction of sp³-hybridized carbons (Fsp3) is 0.647. The van der Waals surface area contributed by atoms with Crippen LogP contribution in [0.3, 0.4) is 0 Å². The summed E-state index contributed by atoms with van der Waals surface area (Å²) in [5, 5.41) is 6.01. The van der Waals surface area contributed by atoms with Gasteiger partial charge in [0.2, 0.25) is 0 Å². The zero-order chi connectivity index (χ0) is 15.2. The Morgan fingerprint density at radius 2 is 2.00 bits per heavy atom. The van der Waals surface area contributed by atoms with Crippen LogP contribution in [0.2, 0.25) is 0 Å². The van der Waals surface area contributed by atoms with E-state index in [1.54, 1.807) is 12.4 Å². The van der Waals surface area contributed by atoms with E-state index in [4.69, 9.17) is 0 Å². The van der Waals surface area contributed by atoms with E-state index in [2.05, 4.69) is 20.5 Å². The van der Waals surface area contributed by atoms with Crippen molar-refractivity contribution < 1.29 is 4.79 Å². The van der Waals surface area contributed by atoms with Crippen molar-refractivity contribution in [2.75, 3.05) is 13.1 Å². The number of aromatic nitrogens is 1. The molecular weight excluding hydrogens is 276 g/mol. The minimum absolute atomic E-state index is 0.0665. The number of carbonyl (C=O) groups excluding carboxylic acids is 1. The number of nitrogens with zero attached hydrogens (tertiary/aromatic N) is 2. The van der Waals surface area contributed by atoms with E-state index in [0.29, 0.717) is 12.6 Å². The number of likely N-dealkylation sites (tertiary alicyclic amines) is 1. The van der Waals surface area contributed by atoms with Crippen molar-refractivity contribution in [1.29, 1.82) is 0 Å². The standard InChI is InChI=1S/C17H26N4O/c22-17(19-13-14-4-3-9-18-12-14)20-15-7-10-21(11-8-15)16-5-1-2-6-16/h3-4,9,12,15-16H,1-2,5-8,10-11,13H2,(H2,19,20,22). The first-order valence-corrected chi connectivity index (χ1v) is 8.48. The van der Waals surface area contributed by atoms with Gasteiger partial charge in [0.05, 0.1) is 0 Å². The number of hydrogen-bond acceptors (Lipinski definition) is 3. The van der Waals surface area contributed by atoms with Gasteiger partial charge in [0, 0.05) is 44.1 Å². The van der Waals surface area contributed by atoms with Gasteiger partial charge in [-0.25, -0.2) is 4.79 Å². The summed E-state index contributed by atoms with van der Waals surface area (Å²) in [6.45, 7) is 2.77. The number of nitrogens with one attached hydrogen (secondary N) is 2. The van der Waals surface area contributed by atoms with E-state index in [-0.39, 0.29) is 6.03 Å². The first-order chi connectivity index (χ1) is 10.8. The summed E-state index contributed by atoms with van der Waals surface area (Å²) >= 11 is 0. The Labute approximate surface area is 132 Å². The van der Waals surface area contributed by atoms with Gasteiger partial charge in [-0.2, -0.15) is 0 Å². The van der Waals surface area contributed by atoms with E-state index >= 15 is 0 Å². The molecule has 1 aliphatic heterocycles. The lowest BCUT2D eigenvalue weighted by Gasteiger charge is -2.36. The van der Waals surface area contributed by atoms with Crippen LogP contribution in [-0.2, 0) is 6.54 Å². The number of hydrogen-bond donors (Lipinski definition) is 2. The fourth-order valence-corrected chi connectivity index (χ4v) is 3.60. The van der Waals surface area contributed by atoms with E-state index in [1.165, 1.54) is 25.7 Å². The van der Waals surface area contributed by atoms with Crippen molar-refractivity contribution in [3.63, 3.8) is 0 Å². The molecule has 0 atom stereocenters. The van der Waals surface area contributed by atoms with Gasteiger partial charge in [-0.05, 0) is 37.3 Å². The maximum absolute atomic E-state index is 12.0. The van der Waals surface area contributed by atoms with Crippen LogP contribution in [0.15, 0.2) is 24.5 Å². The zero-order valence-corrected chi connectivity index (χ0v) is 13.1. The molecule has 0 aromatic carbocycles. The van der Waals surface area contributed by atoms with E-state index in [0.717, 1.165) is 37.5 Å². The van der Waals surface area contributed by atoms with E-state index in [1.807, 2.05) is 12.1 Å². The molecule has 0 spiro atoms. The van der Waals surface area contributed by atoms with Crippen molar-refractivity contribution in [3.05, 3.63) is 30.1 Å². The third-order valence-corrected chi connectivity index (χ3v) is 4.88. The molecule has 3 rings (SSSR count). The monoisotopic (exact) mass is 302 g/mol. The first kappa shape index (κ1) is 15.3. The molecule has 1 aromatic rings. The largest absolute Gasteiger partial charge is 0.335 e. The molecule has 2 amide bonds. The van der Waals surface area contributed by atoms with Crippen LogP contribution in [-0.4, -0.2) is 41.1 Å². The predicted molar refractivity (Wildman–Crippen MR) is 86.5 cm³/mol. The van der Waals surface area contributed by atoms with Crippen LogP contribution in [0, 0.1) is 0 Å². The van der Waals surface area contributed by atoms with Gasteiger partial charge in [0.25, 0.3) is 0 Å². The van der Waals surface area contributed by atoms with E-state index in [9.17, 15) is 4.79 Å². The van der Waals surface area contributed by atoms with Crippen LogP contribution in [0.25, 0.3) is 0 Å². The average molecular weight is 302 g/mol. The van der Waals surface area contributed by atoms with Gasteiger partial charge in [0.15, 0.2) is 0 Å². The summed E-state index contributed by atoms with van der Waals surface area (Å²) in [7, 11) is 0. The molecule has 2 fully saturated rings. The second-order valence-electron chi connectivity index (χ2n) is 6.44. The van der Waals surface area contributed by atoms with Gasteiger partial charge >= 0.3 is 6.03 Å². The third-order valence-electron chi connectivity index (χ3n) is 4.88. The van der Waals surface area contributed by atoms with Crippen molar-refractivity contribution >= 4 is 6.03 Å². The molecule has 2 aliphatic rings. The molecule has 1 aromatic heterocycles. The maximum atomic E-state index is 12.0. The predicted octanol–water partition coefficient (Wildman–Crippen LogP) is 2.29. The molecule has 1 saturated carbocycles. The van der Waals surface area contributed by atoms with Crippen LogP contribution in [0.5, 0.6) is 0 Å². The minimum Gasteiger partial charge on any atom is -0.335 e. The van der Waals surface area contributed by atoms with Gasteiger partial charge in [0.1, 0.15) is 0 Å². The number of urea groups is 1. The highest BCUT2D eigenvalue weighted by Crippen LogP contribution is 2.26. The summed E-state index contributed by atoms with van der Waals surface area (Å²) in [5.41, 5.74) is 1.02. The van der Waals surface area contributed by atoms with Gasteiger partial charge in [-0.15, -0.1) is 0 Å². The van der Waals surface area contributed by atoms with E-state index < -0.39 is 0 Å². The fourth-order valence-electron chi connectivity index (χ4n) is 3.60. The summed E-state index contributed by atoms with van der Waals surface area (Å²) in [6.07, 6.45) is 11.2. The normalized spacial score (nSPS) is 20.9. The lowest BCUT2D eigenvalue weighted by Crippen LogP contribution is -2.49. The minimum atomic E-state index is -0.0665. The smallest absolute Gasteiger partial charge is 0.315 e. The number of pyridine rings is 1. The number of amides is 2.